The van der Waals surface area contributed by atoms with Crippen LogP contribution < -0.4 is 5.73 Å². The molecule has 0 atom stereocenters. The van der Waals surface area contributed by atoms with Crippen LogP contribution in [0, 0.1) is 0 Å². The third-order valence-electron chi connectivity index (χ3n) is 5.13. The van der Waals surface area contributed by atoms with Gasteiger partial charge in [0.2, 0.25) is 0 Å². The van der Waals surface area contributed by atoms with E-state index in [0.29, 0.717) is 12.3 Å². The number of hydrogen-bond donors (Lipinski definition) is 2. The number of carbonyl (C=O) groups is 1. The summed E-state index contributed by atoms with van der Waals surface area (Å²) in [5.74, 6) is -0.619. The molecule has 0 aliphatic carbocycles. The highest BCUT2D eigenvalue weighted by Crippen LogP contribution is 2.21. The van der Waals surface area contributed by atoms with Gasteiger partial charge in [0, 0.05) is 11.8 Å². The quantitative estimate of drug-likeness (QED) is 0.125. The minimum absolute atomic E-state index is 0.129. The average Bonchev–Trinajstić information content (AvgIpc) is 2.70. The van der Waals surface area contributed by atoms with E-state index in [1.54, 1.807) is 6.07 Å². The number of nitrogens with two attached hydrogens (primary N) is 1. The molecule has 1 aromatic carbocycles. The number of phenols is 1. The zero-order valence-electron chi connectivity index (χ0n) is 18.3. The number of hydrogen-bond acceptors (Lipinski definition) is 4. The predicted molar refractivity (Wildman–Crippen MR) is 122 cm³/mol. The van der Waals surface area contributed by atoms with Crippen molar-refractivity contribution in [1.82, 2.24) is 0 Å². The fraction of sp³-hybridized carbons (Fsp3) is 0.640. The lowest BCUT2D eigenvalue weighted by atomic mass is 10.1. The lowest BCUT2D eigenvalue weighted by Gasteiger charge is -2.07. The van der Waals surface area contributed by atoms with Crippen molar-refractivity contribution >= 4 is 11.7 Å². The van der Waals surface area contributed by atoms with Crippen LogP contribution in [0.3, 0.4) is 0 Å². The van der Waals surface area contributed by atoms with Crippen molar-refractivity contribution in [3.05, 3.63) is 35.9 Å². The molecule has 0 saturated heterocycles. The zero-order chi connectivity index (χ0) is 21.2. The third kappa shape index (κ3) is 13.0. The number of phenolic OH excluding ortho intramolecular Hbond substituents is 1. The number of rotatable bonds is 17. The summed E-state index contributed by atoms with van der Waals surface area (Å²) in [5.41, 5.74) is 6.15. The molecule has 0 bridgehead atoms. The van der Waals surface area contributed by atoms with E-state index in [1.165, 1.54) is 89.2 Å². The Morgan fingerprint density at radius 3 is 2.03 bits per heavy atom. The summed E-state index contributed by atoms with van der Waals surface area (Å²) >= 11 is 0. The van der Waals surface area contributed by atoms with Gasteiger partial charge in [0.15, 0.2) is 0 Å². The van der Waals surface area contributed by atoms with Crippen LogP contribution in [0.25, 0.3) is 0 Å². The number of nitrogen functional groups attached to an aromatic ring is 1. The molecule has 0 aliphatic rings. The van der Waals surface area contributed by atoms with E-state index < -0.39 is 5.97 Å². The summed E-state index contributed by atoms with van der Waals surface area (Å²) < 4.78 is 5.22. The first-order valence-electron chi connectivity index (χ1n) is 11.6. The minimum Gasteiger partial charge on any atom is -0.507 e. The van der Waals surface area contributed by atoms with Gasteiger partial charge in [0.1, 0.15) is 11.3 Å². The van der Waals surface area contributed by atoms with E-state index in [1.807, 2.05) is 0 Å². The van der Waals surface area contributed by atoms with Crippen LogP contribution in [0.2, 0.25) is 0 Å². The maximum absolute atomic E-state index is 11.9. The Morgan fingerprint density at radius 2 is 1.45 bits per heavy atom. The number of allylic oxidation sites excluding steroid dienone is 2. The summed E-state index contributed by atoms with van der Waals surface area (Å²) in [6.07, 6.45) is 22.2. The van der Waals surface area contributed by atoms with E-state index in [4.69, 9.17) is 10.5 Å². The number of anilines is 1. The molecule has 0 heterocycles. The van der Waals surface area contributed by atoms with E-state index in [9.17, 15) is 9.90 Å². The zero-order valence-corrected chi connectivity index (χ0v) is 18.3. The number of unbranched alkanes of at least 4 members (excludes halogenated alkanes) is 12. The smallest absolute Gasteiger partial charge is 0.341 e. The third-order valence-corrected chi connectivity index (χ3v) is 5.13. The van der Waals surface area contributed by atoms with Crippen LogP contribution in [0.5, 0.6) is 5.75 Å². The lowest BCUT2D eigenvalue weighted by Crippen LogP contribution is -2.07. The molecule has 0 radical (unpaired) electrons. The summed E-state index contributed by atoms with van der Waals surface area (Å²) in [4.78, 5) is 11.9. The molecule has 4 heteroatoms. The van der Waals surface area contributed by atoms with Gasteiger partial charge in [0.25, 0.3) is 0 Å². The molecule has 0 aliphatic heterocycles. The van der Waals surface area contributed by atoms with Crippen LogP contribution in [0.1, 0.15) is 107 Å². The van der Waals surface area contributed by atoms with Gasteiger partial charge >= 0.3 is 5.97 Å². The van der Waals surface area contributed by atoms with E-state index in [0.717, 1.165) is 12.8 Å². The predicted octanol–water partition coefficient (Wildman–Crippen LogP) is 7.17. The Morgan fingerprint density at radius 1 is 0.897 bits per heavy atom. The van der Waals surface area contributed by atoms with Crippen LogP contribution in [0.15, 0.2) is 30.4 Å². The summed E-state index contributed by atoms with van der Waals surface area (Å²) in [6.45, 7) is 2.65. The highest BCUT2D eigenvalue weighted by atomic mass is 16.5. The second-order valence-corrected chi connectivity index (χ2v) is 7.85. The monoisotopic (exact) mass is 403 g/mol. The molecule has 0 unspecified atom stereocenters. The average molecular weight is 404 g/mol. The number of carbonyl (C=O) groups excluding carboxylic acids is 1. The molecular weight excluding hydrogens is 362 g/mol. The van der Waals surface area contributed by atoms with Gasteiger partial charge in [-0.3, -0.25) is 0 Å². The molecule has 3 N–H and O–H groups in total. The number of benzene rings is 1. The van der Waals surface area contributed by atoms with Crippen molar-refractivity contribution in [1.29, 1.82) is 0 Å². The van der Waals surface area contributed by atoms with Crippen molar-refractivity contribution in [2.45, 2.75) is 96.8 Å². The first-order chi connectivity index (χ1) is 14.1. The first kappa shape index (κ1) is 25.1. The molecule has 0 amide bonds. The van der Waals surface area contributed by atoms with Crippen molar-refractivity contribution in [3.8, 4) is 5.75 Å². The Balaban J connectivity index is 1.88. The molecule has 4 nitrogen and oxygen atoms in total. The Bertz CT molecular complexity index is 583. The summed E-state index contributed by atoms with van der Waals surface area (Å²) in [6, 6.07) is 4.44. The highest BCUT2D eigenvalue weighted by Gasteiger charge is 2.12. The van der Waals surface area contributed by atoms with Crippen LogP contribution >= 0.6 is 0 Å². The maximum Gasteiger partial charge on any atom is 0.341 e. The summed E-state index contributed by atoms with van der Waals surface area (Å²) in [5, 5.41) is 9.72. The van der Waals surface area contributed by atoms with Crippen molar-refractivity contribution < 1.29 is 14.6 Å². The van der Waals surface area contributed by atoms with Crippen molar-refractivity contribution in [2.24, 2.45) is 0 Å². The standard InChI is InChI=1S/C25H41NO3/c1-2-3-4-5-6-7-8-9-10-11-12-13-14-15-16-17-20-29-25(28)23-19-18-22(26)21-24(23)27/h9-10,18-19,21,27H,2-8,11-17,20,26H2,1H3. The normalized spacial score (nSPS) is 11.2. The van der Waals surface area contributed by atoms with Crippen molar-refractivity contribution in [2.75, 3.05) is 12.3 Å². The number of aromatic hydroxyl groups is 1. The van der Waals surface area contributed by atoms with Gasteiger partial charge < -0.3 is 15.6 Å². The fourth-order valence-electron chi connectivity index (χ4n) is 3.31. The molecule has 0 aromatic heterocycles. The number of esters is 1. The largest absolute Gasteiger partial charge is 0.507 e. The Kier molecular flexibility index (Phi) is 14.6. The Labute approximate surface area is 177 Å². The molecule has 0 saturated carbocycles. The fourth-order valence-corrected chi connectivity index (χ4v) is 3.31. The molecule has 29 heavy (non-hydrogen) atoms. The molecule has 164 valence electrons. The molecule has 1 rings (SSSR count). The molecular formula is C25H41NO3. The van der Waals surface area contributed by atoms with Gasteiger partial charge in [0.05, 0.1) is 6.61 Å². The van der Waals surface area contributed by atoms with Crippen LogP contribution in [-0.2, 0) is 4.74 Å². The Hall–Kier alpha value is -1.97. The van der Waals surface area contributed by atoms with Crippen LogP contribution in [-0.4, -0.2) is 17.7 Å². The van der Waals surface area contributed by atoms with Gasteiger partial charge in [-0.1, -0.05) is 76.9 Å². The van der Waals surface area contributed by atoms with Gasteiger partial charge in [-0.25, -0.2) is 4.79 Å². The summed E-state index contributed by atoms with van der Waals surface area (Å²) in [7, 11) is 0. The van der Waals surface area contributed by atoms with E-state index in [2.05, 4.69) is 19.1 Å². The maximum atomic E-state index is 11.9. The second-order valence-electron chi connectivity index (χ2n) is 7.85. The second kappa shape index (κ2) is 16.9. The minimum atomic E-state index is -0.491. The van der Waals surface area contributed by atoms with Gasteiger partial charge in [-0.05, 0) is 44.2 Å². The lowest BCUT2D eigenvalue weighted by molar-refractivity contribution is 0.0494. The van der Waals surface area contributed by atoms with Crippen molar-refractivity contribution in [3.63, 3.8) is 0 Å². The highest BCUT2D eigenvalue weighted by molar-refractivity contribution is 5.92. The first-order valence-corrected chi connectivity index (χ1v) is 11.6. The molecule has 0 fully saturated rings. The van der Waals surface area contributed by atoms with E-state index in [-0.39, 0.29) is 11.3 Å². The molecule has 1 aromatic rings. The van der Waals surface area contributed by atoms with Gasteiger partial charge in [-0.2, -0.15) is 0 Å². The topological polar surface area (TPSA) is 72.5 Å². The SMILES string of the molecule is CCCCCCCCC=CCCCCCCCCOC(=O)c1ccc(N)cc1O. The van der Waals surface area contributed by atoms with Crippen LogP contribution in [0.4, 0.5) is 5.69 Å². The molecule has 0 spiro atoms. The number of ether oxygens (including phenoxy) is 1. The van der Waals surface area contributed by atoms with E-state index >= 15 is 0 Å². The van der Waals surface area contributed by atoms with Gasteiger partial charge in [-0.15, -0.1) is 0 Å².